The summed E-state index contributed by atoms with van der Waals surface area (Å²) in [7, 11) is 0. The van der Waals surface area contributed by atoms with E-state index >= 15 is 0 Å². The molecule has 0 aromatic heterocycles. The van der Waals surface area contributed by atoms with E-state index in [1.165, 1.54) is 6.92 Å². The second kappa shape index (κ2) is 5.46. The van der Waals surface area contributed by atoms with E-state index in [1.54, 1.807) is 0 Å². The Bertz CT molecular complexity index is 314. The van der Waals surface area contributed by atoms with E-state index in [9.17, 15) is 9.18 Å². The highest BCUT2D eigenvalue weighted by Gasteiger charge is 2.23. The minimum atomic E-state index is -1.41. The molecular weight excluding hydrogens is 197 g/mol. The van der Waals surface area contributed by atoms with Crippen LogP contribution >= 0.6 is 0 Å². The summed E-state index contributed by atoms with van der Waals surface area (Å²) in [5.74, 6) is -1.17. The first-order chi connectivity index (χ1) is 7.11. The van der Waals surface area contributed by atoms with Gasteiger partial charge in [-0.05, 0) is 12.5 Å². The number of benzene rings is 1. The molecule has 1 rings (SSSR count). The molecule has 3 nitrogen and oxygen atoms in total. The maximum Gasteiger partial charge on any atom is 0.323 e. The van der Waals surface area contributed by atoms with E-state index in [0.29, 0.717) is 6.54 Å². The van der Waals surface area contributed by atoms with Crippen LogP contribution < -0.4 is 5.32 Å². The molecule has 1 aromatic rings. The Labute approximate surface area is 87.9 Å². The third kappa shape index (κ3) is 3.67. The van der Waals surface area contributed by atoms with Crippen molar-refractivity contribution in [2.45, 2.75) is 25.7 Å². The number of alkyl halides is 1. The van der Waals surface area contributed by atoms with Crippen LogP contribution in [0, 0.1) is 0 Å². The van der Waals surface area contributed by atoms with E-state index in [4.69, 9.17) is 5.11 Å². The van der Waals surface area contributed by atoms with Gasteiger partial charge in [-0.3, -0.25) is 10.1 Å². The predicted octanol–water partition coefficient (Wildman–Crippen LogP) is 1.59. The van der Waals surface area contributed by atoms with Crippen LogP contribution in [0.3, 0.4) is 0 Å². The quantitative estimate of drug-likeness (QED) is 0.777. The maximum atomic E-state index is 12.9. The molecule has 0 amide bonds. The van der Waals surface area contributed by atoms with Crippen LogP contribution in [0.4, 0.5) is 4.39 Å². The predicted molar refractivity (Wildman–Crippen MR) is 55.3 cm³/mol. The molecule has 2 N–H and O–H groups in total. The summed E-state index contributed by atoms with van der Waals surface area (Å²) in [6.45, 7) is 1.59. The monoisotopic (exact) mass is 211 g/mol. The van der Waals surface area contributed by atoms with Gasteiger partial charge in [0.05, 0.1) is 0 Å². The molecule has 0 aliphatic carbocycles. The molecule has 0 aliphatic heterocycles. The Hall–Kier alpha value is -1.42. The van der Waals surface area contributed by atoms with Gasteiger partial charge in [0.2, 0.25) is 0 Å². The molecule has 0 aliphatic rings. The summed E-state index contributed by atoms with van der Waals surface area (Å²) in [6, 6.07) is 8.14. The van der Waals surface area contributed by atoms with Gasteiger partial charge in [-0.2, -0.15) is 0 Å². The third-order valence-corrected chi connectivity index (χ3v) is 2.09. The minimum Gasteiger partial charge on any atom is -0.480 e. The molecule has 4 heteroatoms. The number of hydrogen-bond donors (Lipinski definition) is 2. The minimum absolute atomic E-state index is 0.353. The van der Waals surface area contributed by atoms with Crippen molar-refractivity contribution >= 4 is 5.97 Å². The number of carbonyl (C=O) groups is 1. The lowest BCUT2D eigenvalue weighted by molar-refractivity contribution is -0.141. The average molecular weight is 211 g/mol. The number of carboxylic acids is 1. The van der Waals surface area contributed by atoms with Crippen LogP contribution in [0.25, 0.3) is 0 Å². The van der Waals surface area contributed by atoms with Crippen molar-refractivity contribution in [1.29, 1.82) is 0 Å². The standard InChI is InChI=1S/C11H14FNO2/c1-8(12)10(11(14)15)13-7-9-5-3-2-4-6-9/h2-6,8,10,13H,7H2,1H3,(H,14,15). The fourth-order valence-electron chi connectivity index (χ4n) is 1.27. The van der Waals surface area contributed by atoms with Gasteiger partial charge in [0.1, 0.15) is 12.2 Å². The van der Waals surface area contributed by atoms with Crippen molar-refractivity contribution in [1.82, 2.24) is 5.32 Å². The van der Waals surface area contributed by atoms with Crippen LogP contribution in [-0.4, -0.2) is 23.3 Å². The fourth-order valence-corrected chi connectivity index (χ4v) is 1.27. The van der Waals surface area contributed by atoms with E-state index in [-0.39, 0.29) is 0 Å². The van der Waals surface area contributed by atoms with Crippen molar-refractivity contribution in [3.63, 3.8) is 0 Å². The van der Waals surface area contributed by atoms with Gasteiger partial charge < -0.3 is 5.11 Å². The average Bonchev–Trinajstić information content (AvgIpc) is 2.18. The number of aliphatic carboxylic acids is 1. The number of hydrogen-bond acceptors (Lipinski definition) is 2. The van der Waals surface area contributed by atoms with Gasteiger partial charge in [-0.1, -0.05) is 30.3 Å². The highest BCUT2D eigenvalue weighted by atomic mass is 19.1. The normalized spacial score (nSPS) is 14.5. The second-order valence-electron chi connectivity index (χ2n) is 3.36. The van der Waals surface area contributed by atoms with E-state index in [2.05, 4.69) is 5.32 Å². The Morgan fingerprint density at radius 3 is 2.53 bits per heavy atom. The maximum absolute atomic E-state index is 12.9. The van der Waals surface area contributed by atoms with E-state index in [1.807, 2.05) is 30.3 Å². The van der Waals surface area contributed by atoms with Crippen molar-refractivity contribution in [2.75, 3.05) is 0 Å². The smallest absolute Gasteiger partial charge is 0.323 e. The highest BCUT2D eigenvalue weighted by molar-refractivity contribution is 5.74. The second-order valence-corrected chi connectivity index (χ2v) is 3.36. The van der Waals surface area contributed by atoms with E-state index in [0.717, 1.165) is 5.56 Å². The van der Waals surface area contributed by atoms with Crippen molar-refractivity contribution < 1.29 is 14.3 Å². The number of halogens is 1. The molecule has 15 heavy (non-hydrogen) atoms. The first-order valence-electron chi connectivity index (χ1n) is 4.75. The first kappa shape index (κ1) is 11.7. The number of nitrogens with one attached hydrogen (secondary N) is 1. The van der Waals surface area contributed by atoms with Crippen molar-refractivity contribution in [2.24, 2.45) is 0 Å². The van der Waals surface area contributed by atoms with Gasteiger partial charge in [0.25, 0.3) is 0 Å². The highest BCUT2D eigenvalue weighted by Crippen LogP contribution is 2.02. The summed E-state index contributed by atoms with van der Waals surface area (Å²) in [4.78, 5) is 10.7. The Kier molecular flexibility index (Phi) is 4.24. The van der Waals surface area contributed by atoms with Crippen LogP contribution in [0.5, 0.6) is 0 Å². The molecule has 0 saturated carbocycles. The first-order valence-corrected chi connectivity index (χ1v) is 4.75. The van der Waals surface area contributed by atoms with Crippen LogP contribution in [-0.2, 0) is 11.3 Å². The molecule has 0 heterocycles. The molecule has 0 fully saturated rings. The number of rotatable bonds is 5. The summed E-state index contributed by atoms with van der Waals surface area (Å²) in [5.41, 5.74) is 0.935. The van der Waals surface area contributed by atoms with Crippen LogP contribution in [0.2, 0.25) is 0 Å². The summed E-state index contributed by atoms with van der Waals surface area (Å²) < 4.78 is 12.9. The molecule has 2 atom stereocenters. The molecule has 82 valence electrons. The van der Waals surface area contributed by atoms with Gasteiger partial charge in [-0.15, -0.1) is 0 Å². The molecule has 0 bridgehead atoms. The zero-order valence-electron chi connectivity index (χ0n) is 8.48. The van der Waals surface area contributed by atoms with Crippen molar-refractivity contribution in [3.8, 4) is 0 Å². The third-order valence-electron chi connectivity index (χ3n) is 2.09. The lowest BCUT2D eigenvalue weighted by atomic mass is 10.1. The Balaban J connectivity index is 2.51. The topological polar surface area (TPSA) is 49.3 Å². The molecule has 0 spiro atoms. The summed E-state index contributed by atoms with van der Waals surface area (Å²) in [6.07, 6.45) is -1.41. The van der Waals surface area contributed by atoms with Gasteiger partial charge in [-0.25, -0.2) is 4.39 Å². The zero-order valence-corrected chi connectivity index (χ0v) is 8.48. The lowest BCUT2D eigenvalue weighted by Crippen LogP contribution is -2.42. The largest absolute Gasteiger partial charge is 0.480 e. The van der Waals surface area contributed by atoms with E-state index < -0.39 is 18.2 Å². The summed E-state index contributed by atoms with van der Waals surface area (Å²) >= 11 is 0. The van der Waals surface area contributed by atoms with Crippen LogP contribution in [0.1, 0.15) is 12.5 Å². The number of carboxylic acid groups (broad SMARTS) is 1. The van der Waals surface area contributed by atoms with Gasteiger partial charge in [0, 0.05) is 6.54 Å². The Morgan fingerprint density at radius 2 is 2.07 bits per heavy atom. The molecular formula is C11H14FNO2. The van der Waals surface area contributed by atoms with Gasteiger partial charge >= 0.3 is 5.97 Å². The Morgan fingerprint density at radius 1 is 1.47 bits per heavy atom. The molecule has 0 radical (unpaired) electrons. The molecule has 0 saturated heterocycles. The lowest BCUT2D eigenvalue weighted by Gasteiger charge is -2.15. The van der Waals surface area contributed by atoms with Gasteiger partial charge in [0.15, 0.2) is 0 Å². The van der Waals surface area contributed by atoms with Crippen LogP contribution in [0.15, 0.2) is 30.3 Å². The van der Waals surface area contributed by atoms with Crippen molar-refractivity contribution in [3.05, 3.63) is 35.9 Å². The molecule has 2 unspecified atom stereocenters. The summed E-state index contributed by atoms with van der Waals surface area (Å²) in [5, 5.41) is 11.4. The molecule has 1 aromatic carbocycles. The zero-order chi connectivity index (χ0) is 11.3. The fraction of sp³-hybridized carbons (Fsp3) is 0.364. The SMILES string of the molecule is CC(F)C(NCc1ccccc1)C(=O)O.